The first-order chi connectivity index (χ1) is 15.0. The highest BCUT2D eigenvalue weighted by atomic mass is 32.2. The molecule has 0 radical (unpaired) electrons. The summed E-state index contributed by atoms with van der Waals surface area (Å²) < 4.78 is 23.2. The second kappa shape index (κ2) is 8.56. The molecule has 9 heteroatoms. The molecule has 5 aliphatic rings. The molecule has 2 bridgehead atoms. The van der Waals surface area contributed by atoms with E-state index in [9.17, 15) is 14.4 Å². The molecule has 8 nitrogen and oxygen atoms in total. The van der Waals surface area contributed by atoms with E-state index in [0.717, 1.165) is 56.7 Å². The molecule has 4 heterocycles. The summed E-state index contributed by atoms with van der Waals surface area (Å²) in [5, 5.41) is 0. The summed E-state index contributed by atoms with van der Waals surface area (Å²) in [6.45, 7) is 4.63. The summed E-state index contributed by atoms with van der Waals surface area (Å²) in [7, 11) is 0. The van der Waals surface area contributed by atoms with Gasteiger partial charge in [0.25, 0.3) is 0 Å². The largest absolute Gasteiger partial charge is 0.459 e. The molecule has 0 N–H and O–H groups in total. The van der Waals surface area contributed by atoms with Crippen LogP contribution in [0.5, 0.6) is 0 Å². The lowest BCUT2D eigenvalue weighted by Crippen LogP contribution is -2.49. The lowest BCUT2D eigenvalue weighted by Gasteiger charge is -2.32. The van der Waals surface area contributed by atoms with E-state index in [1.54, 1.807) is 0 Å². The standard InChI is InChI=1S/C22H31NO7S/c1-2-22(6-3-4-7-22)30-21(26)15-14-16-19(29-20(14)25)18(17(15)28-16)27-13(24)5-8-23-9-11-31-12-10-23/h14-19H,2-12H2,1H3. The number of ether oxygens (including phenoxy) is 4. The minimum atomic E-state index is -0.766. The maximum atomic E-state index is 13.2. The number of hydrogen-bond donors (Lipinski definition) is 0. The van der Waals surface area contributed by atoms with E-state index < -0.39 is 53.8 Å². The maximum Gasteiger partial charge on any atom is 0.313 e. The second-order valence-corrected chi connectivity index (χ2v) is 10.6. The van der Waals surface area contributed by atoms with Crippen LogP contribution in [-0.4, -0.2) is 84.0 Å². The topological polar surface area (TPSA) is 91.4 Å². The molecule has 5 fully saturated rings. The summed E-state index contributed by atoms with van der Waals surface area (Å²) in [6, 6.07) is 0. The van der Waals surface area contributed by atoms with Gasteiger partial charge in [-0.25, -0.2) is 0 Å². The number of hydrogen-bond acceptors (Lipinski definition) is 9. The highest BCUT2D eigenvalue weighted by Crippen LogP contribution is 2.52. The number of carbonyl (C=O) groups excluding carboxylic acids is 3. The van der Waals surface area contributed by atoms with Crippen molar-refractivity contribution in [1.82, 2.24) is 4.90 Å². The number of esters is 3. The molecule has 4 saturated heterocycles. The quantitative estimate of drug-likeness (QED) is 0.420. The zero-order chi connectivity index (χ0) is 21.6. The third-order valence-electron chi connectivity index (χ3n) is 7.66. The second-order valence-electron chi connectivity index (χ2n) is 9.34. The van der Waals surface area contributed by atoms with E-state index in [2.05, 4.69) is 4.90 Å². The van der Waals surface area contributed by atoms with Gasteiger partial charge in [0, 0.05) is 31.1 Å². The van der Waals surface area contributed by atoms with Crippen molar-refractivity contribution < 1.29 is 33.3 Å². The Hall–Kier alpha value is -1.32. The smallest absolute Gasteiger partial charge is 0.313 e. The van der Waals surface area contributed by atoms with Gasteiger partial charge in [-0.1, -0.05) is 6.92 Å². The van der Waals surface area contributed by atoms with Gasteiger partial charge in [-0.2, -0.15) is 11.8 Å². The molecule has 5 rings (SSSR count). The fourth-order valence-electron chi connectivity index (χ4n) is 5.85. The predicted octanol–water partition coefficient (Wildman–Crippen LogP) is 1.54. The Labute approximate surface area is 186 Å². The molecule has 172 valence electrons. The van der Waals surface area contributed by atoms with Gasteiger partial charge in [0.05, 0.1) is 6.42 Å². The van der Waals surface area contributed by atoms with Gasteiger partial charge in [0.15, 0.2) is 12.2 Å². The molecule has 0 amide bonds. The van der Waals surface area contributed by atoms with Crippen LogP contribution < -0.4 is 0 Å². The number of thioether (sulfide) groups is 1. The molecule has 0 aromatic carbocycles. The Morgan fingerprint density at radius 2 is 1.90 bits per heavy atom. The van der Waals surface area contributed by atoms with E-state index in [-0.39, 0.29) is 12.4 Å². The van der Waals surface area contributed by atoms with Crippen molar-refractivity contribution in [1.29, 1.82) is 0 Å². The van der Waals surface area contributed by atoms with Crippen molar-refractivity contribution in [3.63, 3.8) is 0 Å². The molecule has 0 aromatic heterocycles. The van der Waals surface area contributed by atoms with E-state index >= 15 is 0 Å². The average molecular weight is 454 g/mol. The van der Waals surface area contributed by atoms with Crippen LogP contribution in [0.15, 0.2) is 0 Å². The first-order valence-electron chi connectivity index (χ1n) is 11.6. The minimum absolute atomic E-state index is 0.275. The fourth-order valence-corrected chi connectivity index (χ4v) is 6.83. The minimum Gasteiger partial charge on any atom is -0.459 e. The average Bonchev–Trinajstić information content (AvgIpc) is 3.51. The van der Waals surface area contributed by atoms with Crippen LogP contribution in [0, 0.1) is 11.8 Å². The third kappa shape index (κ3) is 3.86. The van der Waals surface area contributed by atoms with Crippen molar-refractivity contribution in [2.75, 3.05) is 31.1 Å². The molecule has 6 unspecified atom stereocenters. The number of nitrogens with zero attached hydrogens (tertiary/aromatic N) is 1. The molecular weight excluding hydrogens is 422 g/mol. The van der Waals surface area contributed by atoms with Gasteiger partial charge < -0.3 is 23.8 Å². The monoisotopic (exact) mass is 453 g/mol. The van der Waals surface area contributed by atoms with Gasteiger partial charge in [-0.15, -0.1) is 0 Å². The summed E-state index contributed by atoms with van der Waals surface area (Å²) in [6.07, 6.45) is 2.24. The van der Waals surface area contributed by atoms with E-state index in [1.165, 1.54) is 0 Å². The number of fused-ring (bicyclic) bond motifs is 1. The van der Waals surface area contributed by atoms with Crippen molar-refractivity contribution in [2.24, 2.45) is 11.8 Å². The fraction of sp³-hybridized carbons (Fsp3) is 0.864. The molecule has 6 atom stereocenters. The Bertz CT molecular complexity index is 733. The first kappa shape index (κ1) is 21.5. The zero-order valence-electron chi connectivity index (χ0n) is 18.0. The summed E-state index contributed by atoms with van der Waals surface area (Å²) >= 11 is 1.92. The highest BCUT2D eigenvalue weighted by Gasteiger charge is 2.72. The van der Waals surface area contributed by atoms with Crippen LogP contribution in [0.25, 0.3) is 0 Å². The molecule has 0 spiro atoms. The Morgan fingerprint density at radius 1 is 1.16 bits per heavy atom. The maximum absolute atomic E-state index is 13.2. The molecule has 1 saturated carbocycles. The van der Waals surface area contributed by atoms with Crippen LogP contribution in [0.4, 0.5) is 0 Å². The van der Waals surface area contributed by atoms with Crippen LogP contribution in [-0.2, 0) is 33.3 Å². The third-order valence-corrected chi connectivity index (χ3v) is 8.60. The van der Waals surface area contributed by atoms with Crippen molar-refractivity contribution in [3.8, 4) is 0 Å². The SMILES string of the molecule is CCC1(OC(=O)C2C3OC4C(OC(=O)C42)C3OC(=O)CCN2CCSCC2)CCCC1. The lowest BCUT2D eigenvalue weighted by atomic mass is 9.78. The molecule has 1 aliphatic carbocycles. The van der Waals surface area contributed by atoms with Crippen molar-refractivity contribution in [2.45, 2.75) is 75.5 Å². The molecule has 4 aliphatic heterocycles. The number of rotatable bonds is 7. The van der Waals surface area contributed by atoms with Crippen LogP contribution in [0.3, 0.4) is 0 Å². The van der Waals surface area contributed by atoms with Gasteiger partial charge in [-0.3, -0.25) is 14.4 Å². The van der Waals surface area contributed by atoms with Crippen molar-refractivity contribution >= 4 is 29.7 Å². The van der Waals surface area contributed by atoms with Gasteiger partial charge in [-0.05, 0) is 32.1 Å². The van der Waals surface area contributed by atoms with Crippen LogP contribution in [0.2, 0.25) is 0 Å². The normalized spacial score (nSPS) is 38.3. The Kier molecular flexibility index (Phi) is 5.94. The molecule has 0 aromatic rings. The molecular formula is C22H31NO7S. The van der Waals surface area contributed by atoms with E-state index in [4.69, 9.17) is 18.9 Å². The van der Waals surface area contributed by atoms with E-state index in [0.29, 0.717) is 6.54 Å². The Morgan fingerprint density at radius 3 is 2.61 bits per heavy atom. The van der Waals surface area contributed by atoms with Gasteiger partial charge >= 0.3 is 17.9 Å². The highest BCUT2D eigenvalue weighted by molar-refractivity contribution is 7.99. The van der Waals surface area contributed by atoms with Crippen LogP contribution >= 0.6 is 11.8 Å². The zero-order valence-corrected chi connectivity index (χ0v) is 18.8. The predicted molar refractivity (Wildman–Crippen MR) is 111 cm³/mol. The lowest BCUT2D eigenvalue weighted by molar-refractivity contribution is -0.173. The van der Waals surface area contributed by atoms with Gasteiger partial charge in [0.1, 0.15) is 29.6 Å². The summed E-state index contributed by atoms with van der Waals surface area (Å²) in [4.78, 5) is 40.5. The van der Waals surface area contributed by atoms with Gasteiger partial charge in [0.2, 0.25) is 0 Å². The van der Waals surface area contributed by atoms with Crippen molar-refractivity contribution in [3.05, 3.63) is 0 Å². The molecule has 31 heavy (non-hydrogen) atoms. The van der Waals surface area contributed by atoms with E-state index in [1.807, 2.05) is 18.7 Å². The summed E-state index contributed by atoms with van der Waals surface area (Å²) in [5.74, 6) is -0.455. The van der Waals surface area contributed by atoms with Crippen LogP contribution in [0.1, 0.15) is 45.4 Å². The summed E-state index contributed by atoms with van der Waals surface area (Å²) in [5.41, 5.74) is -0.445. The Balaban J connectivity index is 1.24. The first-order valence-corrected chi connectivity index (χ1v) is 12.8. The number of carbonyl (C=O) groups is 3.